The van der Waals surface area contributed by atoms with Gasteiger partial charge in [0.2, 0.25) is 0 Å². The van der Waals surface area contributed by atoms with E-state index in [-0.39, 0.29) is 6.42 Å². The third-order valence-electron chi connectivity index (χ3n) is 6.46. The Balaban J connectivity index is 4.19. The van der Waals surface area contributed by atoms with Crippen molar-refractivity contribution in [2.75, 3.05) is 0 Å². The highest BCUT2D eigenvalue weighted by molar-refractivity contribution is 5.81. The average Bonchev–Trinajstić information content (AvgIpc) is 2.70. The van der Waals surface area contributed by atoms with Gasteiger partial charge in [-0.15, -0.1) is 0 Å². The van der Waals surface area contributed by atoms with Gasteiger partial charge in [-0.05, 0) is 12.8 Å². The zero-order valence-electron chi connectivity index (χ0n) is 20.1. The predicted molar refractivity (Wildman–Crippen MR) is 126 cm³/mol. The molecule has 0 unspecified atom stereocenters. The standard InChI is InChI=1S/C26H50O4/c1-3-5-7-9-11-13-15-17-19-21-26(25(29)30,23-24(27)28)22-20-18-16-14-12-10-8-6-4-2/h3-23H2,1-2H3,(H,27,28)(H,29,30). The van der Waals surface area contributed by atoms with Gasteiger partial charge in [-0.3, -0.25) is 9.59 Å². The van der Waals surface area contributed by atoms with E-state index in [1.807, 2.05) is 0 Å². The van der Waals surface area contributed by atoms with Gasteiger partial charge in [0.15, 0.2) is 0 Å². The van der Waals surface area contributed by atoms with Gasteiger partial charge < -0.3 is 10.2 Å². The van der Waals surface area contributed by atoms with Crippen LogP contribution in [0.4, 0.5) is 0 Å². The number of hydrogen-bond acceptors (Lipinski definition) is 2. The van der Waals surface area contributed by atoms with Crippen LogP contribution in [0.1, 0.15) is 149 Å². The first-order valence-electron chi connectivity index (χ1n) is 12.9. The van der Waals surface area contributed by atoms with Crippen LogP contribution in [0, 0.1) is 5.41 Å². The van der Waals surface area contributed by atoms with Crippen molar-refractivity contribution in [3.05, 3.63) is 0 Å². The van der Waals surface area contributed by atoms with Crippen LogP contribution in [0.25, 0.3) is 0 Å². The van der Waals surface area contributed by atoms with Crippen molar-refractivity contribution < 1.29 is 19.8 Å². The van der Waals surface area contributed by atoms with Crippen LogP contribution in [-0.2, 0) is 9.59 Å². The van der Waals surface area contributed by atoms with E-state index in [0.29, 0.717) is 12.8 Å². The molecule has 0 saturated carbocycles. The summed E-state index contributed by atoms with van der Waals surface area (Å²) in [6.07, 6.45) is 22.0. The van der Waals surface area contributed by atoms with Crippen molar-refractivity contribution in [1.29, 1.82) is 0 Å². The van der Waals surface area contributed by atoms with Crippen molar-refractivity contribution in [2.24, 2.45) is 5.41 Å². The molecular weight excluding hydrogens is 376 g/mol. The lowest BCUT2D eigenvalue weighted by Gasteiger charge is -2.28. The Morgan fingerprint density at radius 2 is 0.833 bits per heavy atom. The lowest BCUT2D eigenvalue weighted by atomic mass is 9.75. The maximum atomic E-state index is 12.0. The molecule has 2 N–H and O–H groups in total. The molecule has 0 spiro atoms. The van der Waals surface area contributed by atoms with Crippen LogP contribution in [0.15, 0.2) is 0 Å². The Bertz CT molecular complexity index is 397. The van der Waals surface area contributed by atoms with Crippen LogP contribution < -0.4 is 0 Å². The molecule has 0 aliphatic rings. The number of unbranched alkanes of at least 4 members (excludes halogenated alkanes) is 16. The fraction of sp³-hybridized carbons (Fsp3) is 0.923. The molecular formula is C26H50O4. The Morgan fingerprint density at radius 3 is 1.10 bits per heavy atom. The third kappa shape index (κ3) is 15.7. The average molecular weight is 427 g/mol. The van der Waals surface area contributed by atoms with Gasteiger partial charge in [-0.1, -0.05) is 129 Å². The Kier molecular flexibility index (Phi) is 19.2. The zero-order valence-corrected chi connectivity index (χ0v) is 20.1. The van der Waals surface area contributed by atoms with E-state index in [2.05, 4.69) is 13.8 Å². The second-order valence-electron chi connectivity index (χ2n) is 9.31. The lowest BCUT2D eigenvalue weighted by molar-refractivity contribution is -0.157. The van der Waals surface area contributed by atoms with Crippen molar-refractivity contribution in [3.63, 3.8) is 0 Å². The Morgan fingerprint density at radius 1 is 0.533 bits per heavy atom. The second-order valence-corrected chi connectivity index (χ2v) is 9.31. The number of carboxylic acids is 2. The molecule has 0 heterocycles. The van der Waals surface area contributed by atoms with Crippen molar-refractivity contribution in [2.45, 2.75) is 149 Å². The van der Waals surface area contributed by atoms with E-state index in [0.717, 1.165) is 38.5 Å². The summed E-state index contributed by atoms with van der Waals surface area (Å²) >= 11 is 0. The summed E-state index contributed by atoms with van der Waals surface area (Å²) in [5.74, 6) is -1.90. The van der Waals surface area contributed by atoms with Crippen molar-refractivity contribution in [1.82, 2.24) is 0 Å². The Hall–Kier alpha value is -1.06. The molecule has 0 aliphatic carbocycles. The summed E-state index contributed by atoms with van der Waals surface area (Å²) in [6, 6.07) is 0. The highest BCUT2D eigenvalue weighted by atomic mass is 16.4. The molecule has 0 rings (SSSR count). The molecule has 0 saturated heterocycles. The predicted octanol–water partition coefficient (Wildman–Crippen LogP) is 8.37. The fourth-order valence-electron chi connectivity index (χ4n) is 4.43. The van der Waals surface area contributed by atoms with Crippen molar-refractivity contribution >= 4 is 11.9 Å². The highest BCUT2D eigenvalue weighted by Gasteiger charge is 2.39. The first-order chi connectivity index (χ1) is 14.5. The van der Waals surface area contributed by atoms with Gasteiger partial charge in [0, 0.05) is 0 Å². The monoisotopic (exact) mass is 426 g/mol. The normalized spacial score (nSPS) is 11.7. The van der Waals surface area contributed by atoms with Crippen LogP contribution in [-0.4, -0.2) is 22.2 Å². The number of hydrogen-bond donors (Lipinski definition) is 2. The smallest absolute Gasteiger partial charge is 0.310 e. The molecule has 0 aromatic heterocycles. The number of aliphatic carboxylic acids is 2. The molecule has 0 aromatic rings. The van der Waals surface area contributed by atoms with Crippen LogP contribution >= 0.6 is 0 Å². The molecule has 0 bridgehead atoms. The molecule has 30 heavy (non-hydrogen) atoms. The van der Waals surface area contributed by atoms with E-state index >= 15 is 0 Å². The van der Waals surface area contributed by atoms with E-state index < -0.39 is 17.4 Å². The van der Waals surface area contributed by atoms with Gasteiger partial charge in [0.25, 0.3) is 0 Å². The summed E-state index contributed by atoms with van der Waals surface area (Å²) in [7, 11) is 0. The van der Waals surface area contributed by atoms with Crippen LogP contribution in [0.5, 0.6) is 0 Å². The molecule has 178 valence electrons. The molecule has 0 aliphatic heterocycles. The van der Waals surface area contributed by atoms with Crippen molar-refractivity contribution in [3.8, 4) is 0 Å². The Labute approximate surface area is 186 Å². The first kappa shape index (κ1) is 28.9. The molecule has 0 amide bonds. The van der Waals surface area contributed by atoms with Gasteiger partial charge in [-0.25, -0.2) is 0 Å². The summed E-state index contributed by atoms with van der Waals surface area (Å²) < 4.78 is 0. The number of rotatable bonds is 23. The van der Waals surface area contributed by atoms with Crippen LogP contribution in [0.3, 0.4) is 0 Å². The second kappa shape index (κ2) is 19.9. The summed E-state index contributed by atoms with van der Waals surface area (Å²) in [5, 5.41) is 19.2. The lowest BCUT2D eigenvalue weighted by Crippen LogP contribution is -2.33. The number of carboxylic acid groups (broad SMARTS) is 2. The van der Waals surface area contributed by atoms with E-state index in [4.69, 9.17) is 0 Å². The minimum Gasteiger partial charge on any atom is -0.481 e. The van der Waals surface area contributed by atoms with Gasteiger partial charge >= 0.3 is 11.9 Å². The van der Waals surface area contributed by atoms with Gasteiger partial charge in [0.1, 0.15) is 0 Å². The molecule has 4 heteroatoms. The summed E-state index contributed by atoms with van der Waals surface area (Å²) in [6.45, 7) is 4.45. The molecule has 0 radical (unpaired) electrons. The minimum absolute atomic E-state index is 0.240. The number of carbonyl (C=O) groups is 2. The maximum absolute atomic E-state index is 12.0. The van der Waals surface area contributed by atoms with E-state index in [9.17, 15) is 19.8 Å². The maximum Gasteiger partial charge on any atom is 0.310 e. The zero-order chi connectivity index (χ0) is 22.5. The SMILES string of the molecule is CCCCCCCCCCCC(CCCCCCCCCCC)(CC(=O)O)C(=O)O. The molecule has 0 fully saturated rings. The molecule has 0 aromatic carbocycles. The highest BCUT2D eigenvalue weighted by Crippen LogP contribution is 2.36. The minimum atomic E-state index is -1.08. The topological polar surface area (TPSA) is 74.6 Å². The first-order valence-corrected chi connectivity index (χ1v) is 12.9. The molecule has 0 atom stereocenters. The fourth-order valence-corrected chi connectivity index (χ4v) is 4.43. The third-order valence-corrected chi connectivity index (χ3v) is 6.46. The molecule has 4 nitrogen and oxygen atoms in total. The van der Waals surface area contributed by atoms with E-state index in [1.54, 1.807) is 0 Å². The van der Waals surface area contributed by atoms with Crippen LogP contribution in [0.2, 0.25) is 0 Å². The quantitative estimate of drug-likeness (QED) is 0.161. The van der Waals surface area contributed by atoms with E-state index in [1.165, 1.54) is 77.0 Å². The summed E-state index contributed by atoms with van der Waals surface area (Å²) in [5.41, 5.74) is -1.08. The van der Waals surface area contributed by atoms with Gasteiger partial charge in [-0.2, -0.15) is 0 Å². The van der Waals surface area contributed by atoms with Gasteiger partial charge in [0.05, 0.1) is 11.8 Å². The largest absolute Gasteiger partial charge is 0.481 e. The summed E-state index contributed by atoms with van der Waals surface area (Å²) in [4.78, 5) is 23.4.